The summed E-state index contributed by atoms with van der Waals surface area (Å²) in [6.07, 6.45) is 3.94. The molecule has 0 saturated heterocycles. The van der Waals surface area contributed by atoms with Gasteiger partial charge in [0.2, 0.25) is 5.91 Å². The first-order valence-electron chi connectivity index (χ1n) is 9.36. The van der Waals surface area contributed by atoms with Crippen molar-refractivity contribution >= 4 is 46.6 Å². The fourth-order valence-electron chi connectivity index (χ4n) is 3.08. The topological polar surface area (TPSA) is 53.9 Å². The van der Waals surface area contributed by atoms with Gasteiger partial charge in [-0.25, -0.2) is 0 Å². The summed E-state index contributed by atoms with van der Waals surface area (Å²) in [5, 5.41) is 3.91. The number of rotatable bonds is 7. The average Bonchev–Trinajstić information content (AvgIpc) is 2.89. The minimum absolute atomic E-state index is 0.0355. The van der Waals surface area contributed by atoms with Gasteiger partial charge in [0.25, 0.3) is 0 Å². The maximum Gasteiger partial charge on any atom is 0.239 e. The predicted molar refractivity (Wildman–Crippen MR) is 120 cm³/mol. The van der Waals surface area contributed by atoms with E-state index in [1.807, 2.05) is 48.6 Å². The third-order valence-corrected chi connectivity index (χ3v) is 5.25. The molecule has 0 bridgehead atoms. The first-order chi connectivity index (χ1) is 14.1. The van der Waals surface area contributed by atoms with Gasteiger partial charge < -0.3 is 15.0 Å². The highest BCUT2D eigenvalue weighted by molar-refractivity contribution is 6.42. The third kappa shape index (κ3) is 5.82. The molecule has 2 aromatic carbocycles. The van der Waals surface area contributed by atoms with E-state index in [9.17, 15) is 4.79 Å². The lowest BCUT2D eigenvalue weighted by molar-refractivity contribution is -0.119. The molecule has 0 atom stereocenters. The summed E-state index contributed by atoms with van der Waals surface area (Å²) in [5.74, 6) is -0.0355. The first kappa shape index (κ1) is 21.4. The van der Waals surface area contributed by atoms with Gasteiger partial charge >= 0.3 is 0 Å². The number of benzene rings is 2. The predicted octanol–water partition coefficient (Wildman–Crippen LogP) is 4.08. The van der Waals surface area contributed by atoms with E-state index in [0.717, 1.165) is 22.5 Å². The van der Waals surface area contributed by atoms with Crippen LogP contribution in [0.15, 0.2) is 53.5 Å². The number of carbonyl (C=O) groups excluding carboxylic acids is 1. The van der Waals surface area contributed by atoms with Crippen LogP contribution in [0.5, 0.6) is 0 Å². The van der Waals surface area contributed by atoms with Crippen LogP contribution in [-0.2, 0) is 9.53 Å². The van der Waals surface area contributed by atoms with E-state index < -0.39 is 0 Å². The molecule has 1 aliphatic heterocycles. The molecule has 3 rings (SSSR count). The Hall–Kier alpha value is -2.34. The van der Waals surface area contributed by atoms with Gasteiger partial charge in [-0.05, 0) is 29.8 Å². The van der Waals surface area contributed by atoms with Crippen LogP contribution in [0.2, 0.25) is 10.0 Å². The Labute approximate surface area is 181 Å². The molecule has 1 N–H and O–H groups in total. The standard InChI is InChI=1S/C22H23Cl2N3O2/c1-29-13-11-26-22(28)15-27-12-10-25-20(17-4-2-3-5-21(17)27)9-7-16-6-8-18(23)19(24)14-16/h2-9,14H,10-13,15H2,1H3,(H,26,28). The van der Waals surface area contributed by atoms with Crippen LogP contribution >= 0.6 is 23.2 Å². The lowest BCUT2D eigenvalue weighted by atomic mass is 10.1. The molecule has 5 nitrogen and oxygen atoms in total. The fraction of sp³-hybridized carbons (Fsp3) is 0.273. The number of nitrogens with one attached hydrogen (secondary N) is 1. The van der Waals surface area contributed by atoms with Crippen LogP contribution in [0.1, 0.15) is 11.1 Å². The van der Waals surface area contributed by atoms with Crippen LogP contribution in [0.3, 0.4) is 0 Å². The molecule has 7 heteroatoms. The van der Waals surface area contributed by atoms with Crippen molar-refractivity contribution in [2.45, 2.75) is 0 Å². The molecular formula is C22H23Cl2N3O2. The smallest absolute Gasteiger partial charge is 0.239 e. The number of nitrogens with zero attached hydrogens (tertiary/aromatic N) is 2. The molecule has 1 amide bonds. The maximum absolute atomic E-state index is 12.3. The summed E-state index contributed by atoms with van der Waals surface area (Å²) >= 11 is 12.1. The van der Waals surface area contributed by atoms with Gasteiger partial charge in [-0.1, -0.05) is 53.5 Å². The summed E-state index contributed by atoms with van der Waals surface area (Å²) in [7, 11) is 1.61. The molecule has 0 fully saturated rings. The number of benzodiazepines with no additional fused rings is 1. The van der Waals surface area contributed by atoms with Gasteiger partial charge in [-0.15, -0.1) is 0 Å². The van der Waals surface area contributed by atoms with Crippen molar-refractivity contribution in [1.29, 1.82) is 0 Å². The zero-order valence-electron chi connectivity index (χ0n) is 16.2. The summed E-state index contributed by atoms with van der Waals surface area (Å²) in [4.78, 5) is 19.1. The normalized spacial score (nSPS) is 13.8. The Morgan fingerprint density at radius 3 is 2.83 bits per heavy atom. The van der Waals surface area contributed by atoms with Crippen molar-refractivity contribution in [3.8, 4) is 0 Å². The lowest BCUT2D eigenvalue weighted by Crippen LogP contribution is -2.39. The zero-order chi connectivity index (χ0) is 20.6. The largest absolute Gasteiger partial charge is 0.383 e. The summed E-state index contributed by atoms with van der Waals surface area (Å²) < 4.78 is 4.98. The number of carbonyl (C=O) groups is 1. The van der Waals surface area contributed by atoms with Gasteiger partial charge in [0, 0.05) is 31.5 Å². The SMILES string of the molecule is COCCNC(=O)CN1CCN=C(C=Cc2ccc(Cl)c(Cl)c2)c2ccccc21. The molecule has 2 aromatic rings. The number of hydrogen-bond donors (Lipinski definition) is 1. The number of aliphatic imine (C=N–C) groups is 1. The number of hydrogen-bond acceptors (Lipinski definition) is 4. The second-order valence-electron chi connectivity index (χ2n) is 6.56. The Morgan fingerprint density at radius 1 is 1.21 bits per heavy atom. The molecule has 0 saturated carbocycles. The zero-order valence-corrected chi connectivity index (χ0v) is 17.7. The number of amides is 1. The highest BCUT2D eigenvalue weighted by Crippen LogP contribution is 2.26. The third-order valence-electron chi connectivity index (χ3n) is 4.51. The second-order valence-corrected chi connectivity index (χ2v) is 7.37. The van der Waals surface area contributed by atoms with Crippen LogP contribution in [0.25, 0.3) is 6.08 Å². The summed E-state index contributed by atoms with van der Waals surface area (Å²) in [6, 6.07) is 13.5. The van der Waals surface area contributed by atoms with Crippen LogP contribution in [0.4, 0.5) is 5.69 Å². The highest BCUT2D eigenvalue weighted by Gasteiger charge is 2.19. The van der Waals surface area contributed by atoms with E-state index in [1.165, 1.54) is 0 Å². The molecular weight excluding hydrogens is 409 g/mol. The number of para-hydroxylation sites is 1. The number of methoxy groups -OCH3 is 1. The minimum atomic E-state index is -0.0355. The number of allylic oxidation sites excluding steroid dienone is 1. The van der Waals surface area contributed by atoms with Crippen molar-refractivity contribution in [3.05, 3.63) is 69.7 Å². The van der Waals surface area contributed by atoms with Crippen molar-refractivity contribution in [2.75, 3.05) is 44.8 Å². The van der Waals surface area contributed by atoms with Crippen molar-refractivity contribution in [3.63, 3.8) is 0 Å². The van der Waals surface area contributed by atoms with Crippen molar-refractivity contribution in [2.24, 2.45) is 4.99 Å². The van der Waals surface area contributed by atoms with Gasteiger partial charge in [-0.3, -0.25) is 9.79 Å². The molecule has 0 unspecified atom stereocenters. The van der Waals surface area contributed by atoms with E-state index in [0.29, 0.717) is 36.3 Å². The van der Waals surface area contributed by atoms with Crippen LogP contribution in [-0.4, -0.2) is 51.5 Å². The van der Waals surface area contributed by atoms with Gasteiger partial charge in [0.05, 0.1) is 35.5 Å². The molecule has 0 spiro atoms. The lowest BCUT2D eigenvalue weighted by Gasteiger charge is -2.24. The van der Waals surface area contributed by atoms with E-state index in [1.54, 1.807) is 13.2 Å². The quantitative estimate of drug-likeness (QED) is 0.671. The molecule has 1 aliphatic rings. The summed E-state index contributed by atoms with van der Waals surface area (Å²) in [6.45, 7) is 2.54. The number of fused-ring (bicyclic) bond motifs is 1. The molecule has 29 heavy (non-hydrogen) atoms. The van der Waals surface area contributed by atoms with E-state index >= 15 is 0 Å². The molecule has 1 heterocycles. The van der Waals surface area contributed by atoms with Crippen LogP contribution < -0.4 is 10.2 Å². The van der Waals surface area contributed by atoms with Gasteiger partial charge in [0.15, 0.2) is 0 Å². The number of halogens is 2. The molecule has 0 aromatic heterocycles. The Morgan fingerprint density at radius 2 is 2.03 bits per heavy atom. The van der Waals surface area contributed by atoms with Gasteiger partial charge in [-0.2, -0.15) is 0 Å². The van der Waals surface area contributed by atoms with Crippen LogP contribution in [0, 0.1) is 0 Å². The van der Waals surface area contributed by atoms with Gasteiger partial charge in [0.1, 0.15) is 0 Å². The van der Waals surface area contributed by atoms with E-state index in [-0.39, 0.29) is 12.5 Å². The molecule has 0 radical (unpaired) electrons. The van der Waals surface area contributed by atoms with Crippen molar-refractivity contribution < 1.29 is 9.53 Å². The Bertz CT molecular complexity index is 928. The average molecular weight is 432 g/mol. The molecule has 152 valence electrons. The highest BCUT2D eigenvalue weighted by atomic mass is 35.5. The van der Waals surface area contributed by atoms with E-state index in [2.05, 4.69) is 10.2 Å². The first-order valence-corrected chi connectivity index (χ1v) is 10.1. The second kappa shape index (κ2) is 10.4. The number of anilines is 1. The fourth-order valence-corrected chi connectivity index (χ4v) is 3.39. The summed E-state index contributed by atoms with van der Waals surface area (Å²) in [5.41, 5.74) is 3.79. The molecule has 0 aliphatic carbocycles. The number of ether oxygens (including phenoxy) is 1. The Kier molecular flexibility index (Phi) is 7.69. The van der Waals surface area contributed by atoms with Crippen molar-refractivity contribution in [1.82, 2.24) is 5.32 Å². The monoisotopic (exact) mass is 431 g/mol. The van der Waals surface area contributed by atoms with E-state index in [4.69, 9.17) is 32.9 Å². The Balaban J connectivity index is 1.78. The minimum Gasteiger partial charge on any atom is -0.383 e. The maximum atomic E-state index is 12.3.